The molecule has 4 nitrogen and oxygen atoms in total. The molecule has 1 aliphatic rings. The van der Waals surface area contributed by atoms with Crippen LogP contribution >= 0.6 is 24.0 Å². The van der Waals surface area contributed by atoms with Crippen molar-refractivity contribution >= 4 is 51.7 Å². The SMILES string of the molecule is CSCCC1NC(=S)N(c2ccc(-c3cc4ccccc4o3)cc2)C1=O. The molecule has 1 N–H and O–H groups in total. The summed E-state index contributed by atoms with van der Waals surface area (Å²) in [6, 6.07) is 17.4. The minimum atomic E-state index is -0.231. The van der Waals surface area contributed by atoms with Crippen molar-refractivity contribution < 1.29 is 9.21 Å². The number of hydrogen-bond donors (Lipinski definition) is 1. The van der Waals surface area contributed by atoms with Gasteiger partial charge in [0.1, 0.15) is 17.4 Å². The lowest BCUT2D eigenvalue weighted by atomic mass is 10.1. The molecule has 0 bridgehead atoms. The number of nitrogens with one attached hydrogen (secondary N) is 1. The summed E-state index contributed by atoms with van der Waals surface area (Å²) in [5.74, 6) is 1.75. The zero-order chi connectivity index (χ0) is 18.1. The number of anilines is 1. The van der Waals surface area contributed by atoms with E-state index >= 15 is 0 Å². The van der Waals surface area contributed by atoms with Crippen LogP contribution in [0.25, 0.3) is 22.3 Å². The standard InChI is InChI=1S/C20H18N2O2S2/c1-26-11-10-16-19(23)22(20(25)21-16)15-8-6-13(7-9-15)18-12-14-4-2-3-5-17(14)24-18/h2-9,12,16H,10-11H2,1H3,(H,21,25). The molecule has 26 heavy (non-hydrogen) atoms. The average Bonchev–Trinajstić information content (AvgIpc) is 3.21. The molecule has 1 saturated heterocycles. The van der Waals surface area contributed by atoms with Crippen LogP contribution < -0.4 is 10.2 Å². The minimum Gasteiger partial charge on any atom is -0.456 e. The number of para-hydroxylation sites is 1. The van der Waals surface area contributed by atoms with Crippen LogP contribution in [0.15, 0.2) is 59.0 Å². The lowest BCUT2D eigenvalue weighted by molar-refractivity contribution is -0.118. The molecule has 0 spiro atoms. The number of benzene rings is 2. The van der Waals surface area contributed by atoms with Gasteiger partial charge in [-0.3, -0.25) is 9.69 Å². The second-order valence-electron chi connectivity index (χ2n) is 6.15. The lowest BCUT2D eigenvalue weighted by Gasteiger charge is -2.15. The largest absolute Gasteiger partial charge is 0.456 e. The highest BCUT2D eigenvalue weighted by Crippen LogP contribution is 2.30. The first-order chi connectivity index (χ1) is 12.7. The topological polar surface area (TPSA) is 45.5 Å². The predicted octanol–water partition coefficient (Wildman–Crippen LogP) is 4.44. The third-order valence-corrected chi connectivity index (χ3v) is 5.41. The molecule has 2 heterocycles. The Kier molecular flexibility index (Phi) is 4.70. The molecule has 0 radical (unpaired) electrons. The number of amides is 1. The fourth-order valence-corrected chi connectivity index (χ4v) is 3.92. The highest BCUT2D eigenvalue weighted by Gasteiger charge is 2.35. The summed E-state index contributed by atoms with van der Waals surface area (Å²) in [6.07, 6.45) is 2.81. The first kappa shape index (κ1) is 17.1. The number of thioether (sulfide) groups is 1. The van der Waals surface area contributed by atoms with E-state index in [-0.39, 0.29) is 11.9 Å². The molecule has 0 aliphatic carbocycles. The number of fused-ring (bicyclic) bond motifs is 1. The van der Waals surface area contributed by atoms with Gasteiger partial charge in [0.15, 0.2) is 5.11 Å². The fourth-order valence-electron chi connectivity index (χ4n) is 3.11. The van der Waals surface area contributed by atoms with Crippen LogP contribution in [0.2, 0.25) is 0 Å². The van der Waals surface area contributed by atoms with Crippen molar-refractivity contribution in [2.75, 3.05) is 16.9 Å². The van der Waals surface area contributed by atoms with Crippen molar-refractivity contribution in [3.63, 3.8) is 0 Å². The molecule has 6 heteroatoms. The van der Waals surface area contributed by atoms with Gasteiger partial charge in [0.05, 0.1) is 5.69 Å². The molecule has 2 aromatic carbocycles. The molecular weight excluding hydrogens is 364 g/mol. The lowest BCUT2D eigenvalue weighted by Crippen LogP contribution is -2.31. The van der Waals surface area contributed by atoms with Crippen LogP contribution in [0.3, 0.4) is 0 Å². The summed E-state index contributed by atoms with van der Waals surface area (Å²) in [6.45, 7) is 0. The molecular formula is C20H18N2O2S2. The van der Waals surface area contributed by atoms with E-state index in [1.165, 1.54) is 0 Å². The Morgan fingerprint density at radius 1 is 1.19 bits per heavy atom. The van der Waals surface area contributed by atoms with E-state index in [1.807, 2.05) is 60.9 Å². The Morgan fingerprint density at radius 3 is 2.69 bits per heavy atom. The van der Waals surface area contributed by atoms with Gasteiger partial charge in [0.2, 0.25) is 0 Å². The number of hydrogen-bond acceptors (Lipinski definition) is 4. The average molecular weight is 383 g/mol. The zero-order valence-electron chi connectivity index (χ0n) is 14.3. The second kappa shape index (κ2) is 7.13. The van der Waals surface area contributed by atoms with Crippen LogP contribution in [0.5, 0.6) is 0 Å². The highest BCUT2D eigenvalue weighted by molar-refractivity contribution is 7.98. The van der Waals surface area contributed by atoms with E-state index in [0.717, 1.165) is 40.2 Å². The molecule has 1 aromatic heterocycles. The first-order valence-corrected chi connectivity index (χ1v) is 10.2. The first-order valence-electron chi connectivity index (χ1n) is 8.40. The van der Waals surface area contributed by atoms with E-state index < -0.39 is 0 Å². The molecule has 1 aliphatic heterocycles. The Labute approximate surface area is 161 Å². The molecule has 1 amide bonds. The summed E-state index contributed by atoms with van der Waals surface area (Å²) in [5, 5.41) is 4.67. The zero-order valence-corrected chi connectivity index (χ0v) is 15.9. The number of nitrogens with zero attached hydrogens (tertiary/aromatic N) is 1. The number of furan rings is 1. The monoisotopic (exact) mass is 382 g/mol. The Morgan fingerprint density at radius 2 is 1.96 bits per heavy atom. The van der Waals surface area contributed by atoms with Gasteiger partial charge in [0.25, 0.3) is 5.91 Å². The molecule has 4 rings (SSSR count). The Bertz CT molecular complexity index is 932. The maximum atomic E-state index is 12.6. The molecule has 1 unspecified atom stereocenters. The molecule has 0 saturated carbocycles. The van der Waals surface area contributed by atoms with Gasteiger partial charge in [-0.2, -0.15) is 11.8 Å². The second-order valence-corrected chi connectivity index (χ2v) is 7.52. The van der Waals surface area contributed by atoms with E-state index in [9.17, 15) is 4.79 Å². The van der Waals surface area contributed by atoms with Gasteiger partial charge in [-0.05, 0) is 67.0 Å². The highest BCUT2D eigenvalue weighted by atomic mass is 32.2. The van der Waals surface area contributed by atoms with Gasteiger partial charge in [0, 0.05) is 10.9 Å². The van der Waals surface area contributed by atoms with Crippen LogP contribution in [-0.2, 0) is 4.79 Å². The normalized spacial score (nSPS) is 17.1. The summed E-state index contributed by atoms with van der Waals surface area (Å²) in [7, 11) is 0. The van der Waals surface area contributed by atoms with Crippen molar-refractivity contribution in [1.82, 2.24) is 5.32 Å². The predicted molar refractivity (Wildman–Crippen MR) is 112 cm³/mol. The summed E-state index contributed by atoms with van der Waals surface area (Å²) in [5.41, 5.74) is 2.61. The summed E-state index contributed by atoms with van der Waals surface area (Å²) >= 11 is 7.09. The third kappa shape index (κ3) is 3.10. The van der Waals surface area contributed by atoms with Gasteiger partial charge in [-0.25, -0.2) is 0 Å². The summed E-state index contributed by atoms with van der Waals surface area (Å²) < 4.78 is 5.90. The summed E-state index contributed by atoms with van der Waals surface area (Å²) in [4.78, 5) is 14.2. The van der Waals surface area contributed by atoms with Gasteiger partial charge in [-0.1, -0.05) is 18.2 Å². The van der Waals surface area contributed by atoms with Crippen molar-refractivity contribution in [3.8, 4) is 11.3 Å². The maximum absolute atomic E-state index is 12.6. The smallest absolute Gasteiger partial charge is 0.255 e. The van der Waals surface area contributed by atoms with Crippen molar-refractivity contribution in [3.05, 3.63) is 54.6 Å². The van der Waals surface area contributed by atoms with Crippen LogP contribution in [0.1, 0.15) is 6.42 Å². The van der Waals surface area contributed by atoms with E-state index in [4.69, 9.17) is 16.6 Å². The molecule has 132 valence electrons. The van der Waals surface area contributed by atoms with Crippen molar-refractivity contribution in [2.24, 2.45) is 0 Å². The van der Waals surface area contributed by atoms with Gasteiger partial charge >= 0.3 is 0 Å². The van der Waals surface area contributed by atoms with Gasteiger partial charge < -0.3 is 9.73 Å². The molecule has 1 atom stereocenters. The van der Waals surface area contributed by atoms with E-state index in [0.29, 0.717) is 5.11 Å². The minimum absolute atomic E-state index is 0.0144. The van der Waals surface area contributed by atoms with Crippen molar-refractivity contribution in [1.29, 1.82) is 0 Å². The van der Waals surface area contributed by atoms with Crippen LogP contribution in [0, 0.1) is 0 Å². The Balaban J connectivity index is 1.57. The maximum Gasteiger partial charge on any atom is 0.255 e. The van der Waals surface area contributed by atoms with Crippen molar-refractivity contribution in [2.45, 2.75) is 12.5 Å². The fraction of sp³-hybridized carbons (Fsp3) is 0.200. The third-order valence-electron chi connectivity index (χ3n) is 4.47. The van der Waals surface area contributed by atoms with E-state index in [1.54, 1.807) is 16.7 Å². The van der Waals surface area contributed by atoms with Crippen LogP contribution in [0.4, 0.5) is 5.69 Å². The molecule has 3 aromatic rings. The van der Waals surface area contributed by atoms with Crippen LogP contribution in [-0.4, -0.2) is 29.1 Å². The van der Waals surface area contributed by atoms with E-state index in [2.05, 4.69) is 5.32 Å². The number of carbonyl (C=O) groups excluding carboxylic acids is 1. The number of thiocarbonyl (C=S) groups is 1. The number of carbonyl (C=O) groups is 1. The van der Waals surface area contributed by atoms with Gasteiger partial charge in [-0.15, -0.1) is 0 Å². The number of rotatable bonds is 5. The Hall–Kier alpha value is -2.31. The molecule has 1 fully saturated rings. The quantitative estimate of drug-likeness (QED) is 0.661.